The van der Waals surface area contributed by atoms with Gasteiger partial charge in [-0.25, -0.2) is 4.18 Å². The van der Waals surface area contributed by atoms with Crippen molar-refractivity contribution in [1.29, 1.82) is 0 Å². The first-order valence-corrected chi connectivity index (χ1v) is 5.19. The quantitative estimate of drug-likeness (QED) is 0.548. The molecule has 74 valence electrons. The van der Waals surface area contributed by atoms with E-state index in [9.17, 15) is 8.42 Å². The van der Waals surface area contributed by atoms with Gasteiger partial charge in [-0.1, -0.05) is 20.8 Å². The van der Waals surface area contributed by atoms with Gasteiger partial charge in [0.1, 0.15) is 0 Å². The summed E-state index contributed by atoms with van der Waals surface area (Å²) in [6.45, 7) is 6.22. The minimum absolute atomic E-state index is 0.0517. The van der Waals surface area contributed by atoms with E-state index in [0.29, 0.717) is 6.42 Å². The lowest BCUT2D eigenvalue weighted by Crippen LogP contribution is -2.09. The molecule has 0 amide bonds. The van der Waals surface area contributed by atoms with Crippen molar-refractivity contribution in [2.45, 2.75) is 33.6 Å². The van der Waals surface area contributed by atoms with Crippen LogP contribution >= 0.6 is 0 Å². The Morgan fingerprint density at radius 2 is 1.83 bits per heavy atom. The molecule has 0 fully saturated rings. The highest BCUT2D eigenvalue weighted by Crippen LogP contribution is 2.20. The Hall–Kier alpha value is -0.130. The topological polar surface area (TPSA) is 63.6 Å². The third-order valence-corrected chi connectivity index (χ3v) is 1.77. The molecule has 0 saturated carbocycles. The molecule has 0 saturated heterocycles. The van der Waals surface area contributed by atoms with Gasteiger partial charge in [-0.2, -0.15) is 8.42 Å². The summed E-state index contributed by atoms with van der Waals surface area (Å²) >= 11 is 0. The summed E-state index contributed by atoms with van der Waals surface area (Å²) in [6, 6.07) is 0. The average Bonchev–Trinajstić information content (AvgIpc) is 1.76. The fourth-order valence-corrected chi connectivity index (χ4v) is 1.10. The molecular formula is C7H16O4S. The van der Waals surface area contributed by atoms with Gasteiger partial charge < -0.3 is 0 Å². The average molecular weight is 196 g/mol. The SMILES string of the molecule is CC(C)(C)CCCOS(=O)(=O)O. The predicted molar refractivity (Wildman–Crippen MR) is 46.2 cm³/mol. The Labute approximate surface area is 73.9 Å². The maximum absolute atomic E-state index is 10.1. The molecule has 0 aliphatic rings. The van der Waals surface area contributed by atoms with E-state index in [2.05, 4.69) is 25.0 Å². The maximum atomic E-state index is 10.1. The monoisotopic (exact) mass is 196 g/mol. The molecule has 0 unspecified atom stereocenters. The minimum Gasteiger partial charge on any atom is -0.264 e. The predicted octanol–water partition coefficient (Wildman–Crippen LogP) is 1.63. The van der Waals surface area contributed by atoms with Crippen LogP contribution in [0.2, 0.25) is 0 Å². The van der Waals surface area contributed by atoms with Crippen LogP contribution in [0.1, 0.15) is 33.6 Å². The fourth-order valence-electron chi connectivity index (χ4n) is 0.767. The first-order chi connectivity index (χ1) is 5.21. The molecule has 0 atom stereocenters. The van der Waals surface area contributed by atoms with Gasteiger partial charge in [0.15, 0.2) is 0 Å². The lowest BCUT2D eigenvalue weighted by Gasteiger charge is -2.16. The molecule has 4 nitrogen and oxygen atoms in total. The lowest BCUT2D eigenvalue weighted by molar-refractivity contribution is 0.242. The standard InChI is InChI=1S/C7H16O4S/c1-7(2,3)5-4-6-11-12(8,9)10/h4-6H2,1-3H3,(H,8,9,10). The Bertz CT molecular complexity index is 212. The molecule has 5 heteroatoms. The van der Waals surface area contributed by atoms with Crippen molar-refractivity contribution in [2.75, 3.05) is 6.61 Å². The minimum atomic E-state index is -4.24. The second-order valence-electron chi connectivity index (χ2n) is 3.91. The zero-order valence-electron chi connectivity index (χ0n) is 7.70. The van der Waals surface area contributed by atoms with E-state index in [1.165, 1.54) is 0 Å². The van der Waals surface area contributed by atoms with E-state index in [4.69, 9.17) is 4.55 Å². The van der Waals surface area contributed by atoms with Crippen LogP contribution in [0.4, 0.5) is 0 Å². The third-order valence-electron chi connectivity index (χ3n) is 1.30. The van der Waals surface area contributed by atoms with Crippen molar-refractivity contribution in [2.24, 2.45) is 5.41 Å². The van der Waals surface area contributed by atoms with E-state index in [-0.39, 0.29) is 12.0 Å². The van der Waals surface area contributed by atoms with Crippen molar-refractivity contribution in [3.8, 4) is 0 Å². The van der Waals surface area contributed by atoms with Crippen LogP contribution in [-0.2, 0) is 14.6 Å². The Kier molecular flexibility index (Phi) is 4.16. The molecule has 0 spiro atoms. The van der Waals surface area contributed by atoms with Crippen LogP contribution in [-0.4, -0.2) is 19.6 Å². The van der Waals surface area contributed by atoms with Crippen LogP contribution in [0.15, 0.2) is 0 Å². The Morgan fingerprint density at radius 1 is 1.33 bits per heavy atom. The van der Waals surface area contributed by atoms with Gasteiger partial charge in [0.05, 0.1) is 6.61 Å². The molecule has 1 N–H and O–H groups in total. The third kappa shape index (κ3) is 9.87. The van der Waals surface area contributed by atoms with Crippen molar-refractivity contribution < 1.29 is 17.2 Å². The van der Waals surface area contributed by atoms with Crippen molar-refractivity contribution >= 4 is 10.4 Å². The first-order valence-electron chi connectivity index (χ1n) is 3.82. The van der Waals surface area contributed by atoms with Crippen molar-refractivity contribution in [3.63, 3.8) is 0 Å². The smallest absolute Gasteiger partial charge is 0.264 e. The highest BCUT2D eigenvalue weighted by Gasteiger charge is 2.10. The second-order valence-corrected chi connectivity index (χ2v) is 5.01. The fraction of sp³-hybridized carbons (Fsp3) is 1.00. The molecule has 0 aliphatic heterocycles. The zero-order valence-corrected chi connectivity index (χ0v) is 8.52. The summed E-state index contributed by atoms with van der Waals surface area (Å²) in [6.07, 6.45) is 1.49. The molecule has 0 radical (unpaired) electrons. The largest absolute Gasteiger partial charge is 0.397 e. The lowest BCUT2D eigenvalue weighted by atomic mass is 9.91. The summed E-state index contributed by atoms with van der Waals surface area (Å²) in [5.41, 5.74) is 0.169. The van der Waals surface area contributed by atoms with E-state index in [0.717, 1.165) is 6.42 Å². The van der Waals surface area contributed by atoms with Crippen LogP contribution in [0.3, 0.4) is 0 Å². The van der Waals surface area contributed by atoms with E-state index in [1.807, 2.05) is 0 Å². The molecule has 0 aliphatic carbocycles. The number of hydrogen-bond acceptors (Lipinski definition) is 3. The number of hydrogen-bond donors (Lipinski definition) is 1. The number of rotatable bonds is 4. The molecule has 0 heterocycles. The van der Waals surface area contributed by atoms with Gasteiger partial charge >= 0.3 is 10.4 Å². The molecular weight excluding hydrogens is 180 g/mol. The molecule has 0 rings (SSSR count). The molecule has 0 aromatic rings. The Balaban J connectivity index is 3.48. The molecule has 0 bridgehead atoms. The summed E-state index contributed by atoms with van der Waals surface area (Å²) in [5.74, 6) is 0. The summed E-state index contributed by atoms with van der Waals surface area (Å²) in [7, 11) is -4.24. The van der Waals surface area contributed by atoms with Crippen LogP contribution in [0.5, 0.6) is 0 Å². The van der Waals surface area contributed by atoms with E-state index < -0.39 is 10.4 Å². The van der Waals surface area contributed by atoms with Gasteiger partial charge in [0, 0.05) is 0 Å². The Morgan fingerprint density at radius 3 is 2.17 bits per heavy atom. The van der Waals surface area contributed by atoms with Gasteiger partial charge in [0.2, 0.25) is 0 Å². The highest BCUT2D eigenvalue weighted by atomic mass is 32.3. The molecule has 0 aromatic carbocycles. The summed E-state index contributed by atoms with van der Waals surface area (Å²) < 4.78 is 32.5. The van der Waals surface area contributed by atoms with Crippen molar-refractivity contribution in [3.05, 3.63) is 0 Å². The highest BCUT2D eigenvalue weighted by molar-refractivity contribution is 7.80. The van der Waals surface area contributed by atoms with Crippen LogP contribution in [0.25, 0.3) is 0 Å². The zero-order chi connectivity index (χ0) is 9.83. The summed E-state index contributed by atoms with van der Waals surface area (Å²) in [4.78, 5) is 0. The van der Waals surface area contributed by atoms with Crippen LogP contribution in [0, 0.1) is 5.41 Å². The van der Waals surface area contributed by atoms with Gasteiger partial charge in [0.25, 0.3) is 0 Å². The van der Waals surface area contributed by atoms with Gasteiger partial charge in [-0.15, -0.1) is 0 Å². The molecule has 0 aromatic heterocycles. The van der Waals surface area contributed by atoms with Crippen LogP contribution < -0.4 is 0 Å². The van der Waals surface area contributed by atoms with Crippen molar-refractivity contribution in [1.82, 2.24) is 0 Å². The normalized spacial score (nSPS) is 13.3. The van der Waals surface area contributed by atoms with E-state index in [1.54, 1.807) is 0 Å². The van der Waals surface area contributed by atoms with Gasteiger partial charge in [-0.05, 0) is 18.3 Å². The molecule has 12 heavy (non-hydrogen) atoms. The van der Waals surface area contributed by atoms with E-state index >= 15 is 0 Å². The van der Waals surface area contributed by atoms with Gasteiger partial charge in [-0.3, -0.25) is 4.55 Å². The second kappa shape index (κ2) is 4.20. The maximum Gasteiger partial charge on any atom is 0.397 e. The first kappa shape index (κ1) is 11.9. The summed E-state index contributed by atoms with van der Waals surface area (Å²) in [5, 5.41) is 0.